The second kappa shape index (κ2) is 5.72. The summed E-state index contributed by atoms with van der Waals surface area (Å²) in [4.78, 5) is 0.223. The Morgan fingerprint density at radius 2 is 1.47 bits per heavy atom. The van der Waals surface area contributed by atoms with Gasteiger partial charge in [-0.1, -0.05) is 18.2 Å². The molecule has 17 heavy (non-hydrogen) atoms. The van der Waals surface area contributed by atoms with Crippen LogP contribution in [0.25, 0.3) is 0 Å². The fraction of sp³-hybridized carbons (Fsp3) is 0.400. The van der Waals surface area contributed by atoms with Crippen molar-refractivity contribution in [3.8, 4) is 0 Å². The van der Waals surface area contributed by atoms with E-state index in [2.05, 4.69) is 3.77 Å². The maximum atomic E-state index is 12.0. The van der Waals surface area contributed by atoms with Crippen LogP contribution < -0.4 is 0 Å². The molecule has 0 aromatic heterocycles. The van der Waals surface area contributed by atoms with Gasteiger partial charge in [0.05, 0.1) is 16.0 Å². The Labute approximate surface area is 105 Å². The lowest BCUT2D eigenvalue weighted by molar-refractivity contribution is 0.588. The molecule has 1 rings (SSSR count). The average Bonchev–Trinajstić information content (AvgIpc) is 2.26. The Balaban J connectivity index is 3.20. The molecule has 0 saturated carbocycles. The third-order valence-electron chi connectivity index (χ3n) is 1.86. The zero-order valence-electron chi connectivity index (χ0n) is 10.4. The van der Waals surface area contributed by atoms with Crippen LogP contribution in [-0.4, -0.2) is 45.2 Å². The van der Waals surface area contributed by atoms with Crippen LogP contribution in [0.5, 0.6) is 0 Å². The van der Waals surface area contributed by atoms with Gasteiger partial charge in [0.1, 0.15) is 0 Å². The second-order valence-corrected chi connectivity index (χ2v) is 7.70. The summed E-state index contributed by atoms with van der Waals surface area (Å²) in [6, 6.07) is 8.24. The SMILES string of the molecule is CN(C)S(=NS(=O)(=O)c1ccccc1)N(C)C. The molecule has 0 atom stereocenters. The van der Waals surface area contributed by atoms with Crippen molar-refractivity contribution in [2.75, 3.05) is 28.2 Å². The van der Waals surface area contributed by atoms with Crippen LogP contribution in [0.3, 0.4) is 0 Å². The van der Waals surface area contributed by atoms with E-state index >= 15 is 0 Å². The summed E-state index contributed by atoms with van der Waals surface area (Å²) in [5.41, 5.74) is 0. The molecule has 1 aromatic carbocycles. The summed E-state index contributed by atoms with van der Waals surface area (Å²) in [5.74, 6) is 0. The Hall–Kier alpha value is -0.760. The number of sulfonamides is 1. The third kappa shape index (κ3) is 3.88. The summed E-state index contributed by atoms with van der Waals surface area (Å²) in [5, 5.41) is 0. The van der Waals surface area contributed by atoms with Gasteiger partial charge in [0.25, 0.3) is 10.0 Å². The minimum Gasteiger partial charge on any atom is -0.234 e. The summed E-state index contributed by atoms with van der Waals surface area (Å²) in [7, 11) is 3.60. The quantitative estimate of drug-likeness (QED) is 0.826. The molecule has 0 fully saturated rings. The summed E-state index contributed by atoms with van der Waals surface area (Å²) >= 11 is -0.794. The maximum absolute atomic E-state index is 12.0. The number of nitrogens with zero attached hydrogens (tertiary/aromatic N) is 3. The van der Waals surface area contributed by atoms with Crippen LogP contribution in [0.1, 0.15) is 0 Å². The van der Waals surface area contributed by atoms with E-state index < -0.39 is 21.1 Å². The molecule has 0 aliphatic heterocycles. The highest BCUT2D eigenvalue weighted by Crippen LogP contribution is 2.13. The molecule has 0 radical (unpaired) electrons. The molecule has 0 amide bonds. The van der Waals surface area contributed by atoms with Gasteiger partial charge in [-0.3, -0.25) is 0 Å². The van der Waals surface area contributed by atoms with Crippen molar-refractivity contribution in [2.45, 2.75) is 4.90 Å². The predicted molar refractivity (Wildman–Crippen MR) is 70.8 cm³/mol. The van der Waals surface area contributed by atoms with Crippen molar-refractivity contribution in [3.63, 3.8) is 0 Å². The van der Waals surface area contributed by atoms with Crippen LogP contribution in [0.4, 0.5) is 0 Å². The van der Waals surface area contributed by atoms with Gasteiger partial charge in [0, 0.05) is 0 Å². The second-order valence-electron chi connectivity index (χ2n) is 3.73. The zero-order chi connectivity index (χ0) is 13.1. The number of hydrogen-bond donors (Lipinski definition) is 0. The third-order valence-corrected chi connectivity index (χ3v) is 5.35. The molecular formula is C10H17N3O2S2. The lowest BCUT2D eigenvalue weighted by Gasteiger charge is -2.20. The first-order valence-electron chi connectivity index (χ1n) is 4.97. The molecule has 0 aliphatic carbocycles. The topological polar surface area (TPSA) is 53.0 Å². The van der Waals surface area contributed by atoms with Crippen molar-refractivity contribution in [1.29, 1.82) is 0 Å². The van der Waals surface area contributed by atoms with Crippen molar-refractivity contribution >= 4 is 21.1 Å². The molecule has 0 N–H and O–H groups in total. The Morgan fingerprint density at radius 3 is 1.88 bits per heavy atom. The van der Waals surface area contributed by atoms with Crippen LogP contribution in [0, 0.1) is 0 Å². The molecule has 96 valence electrons. The van der Waals surface area contributed by atoms with Gasteiger partial charge < -0.3 is 0 Å². The highest BCUT2D eigenvalue weighted by atomic mass is 32.3. The van der Waals surface area contributed by atoms with Gasteiger partial charge in [-0.2, -0.15) is 8.42 Å². The van der Waals surface area contributed by atoms with E-state index in [0.29, 0.717) is 0 Å². The average molecular weight is 275 g/mol. The summed E-state index contributed by atoms with van der Waals surface area (Å²) in [6.07, 6.45) is 0. The van der Waals surface area contributed by atoms with Crippen LogP contribution >= 0.6 is 0 Å². The smallest absolute Gasteiger partial charge is 0.234 e. The molecule has 0 spiro atoms. The van der Waals surface area contributed by atoms with Gasteiger partial charge in [0.15, 0.2) is 0 Å². The monoisotopic (exact) mass is 275 g/mol. The van der Waals surface area contributed by atoms with E-state index in [4.69, 9.17) is 0 Å². The molecular weight excluding hydrogens is 258 g/mol. The van der Waals surface area contributed by atoms with E-state index in [-0.39, 0.29) is 4.90 Å². The van der Waals surface area contributed by atoms with Gasteiger partial charge in [-0.15, -0.1) is 3.77 Å². The summed E-state index contributed by atoms with van der Waals surface area (Å²) < 4.78 is 31.5. The Morgan fingerprint density at radius 1 is 1.00 bits per heavy atom. The van der Waals surface area contributed by atoms with Crippen LogP contribution in [0.2, 0.25) is 0 Å². The molecule has 0 heterocycles. The predicted octanol–water partition coefficient (Wildman–Crippen LogP) is 1.13. The number of benzene rings is 1. The van der Waals surface area contributed by atoms with Crippen molar-refractivity contribution in [2.24, 2.45) is 3.77 Å². The minimum atomic E-state index is -3.60. The van der Waals surface area contributed by atoms with E-state index in [0.717, 1.165) is 0 Å². The first-order valence-corrected chi connectivity index (χ1v) is 7.50. The Kier molecular flexibility index (Phi) is 4.81. The molecule has 7 heteroatoms. The molecule has 0 saturated heterocycles. The molecule has 1 aromatic rings. The van der Waals surface area contributed by atoms with Crippen molar-refractivity contribution < 1.29 is 8.42 Å². The molecule has 0 unspecified atom stereocenters. The van der Waals surface area contributed by atoms with Gasteiger partial charge >= 0.3 is 0 Å². The highest BCUT2D eigenvalue weighted by Gasteiger charge is 2.15. The van der Waals surface area contributed by atoms with E-state index in [1.54, 1.807) is 67.1 Å². The van der Waals surface area contributed by atoms with E-state index in [1.807, 2.05) is 0 Å². The van der Waals surface area contributed by atoms with Gasteiger partial charge in [0.2, 0.25) is 0 Å². The minimum absolute atomic E-state index is 0.223. The van der Waals surface area contributed by atoms with Crippen molar-refractivity contribution in [3.05, 3.63) is 30.3 Å². The zero-order valence-corrected chi connectivity index (χ0v) is 12.0. The van der Waals surface area contributed by atoms with Crippen LogP contribution in [-0.2, 0) is 21.1 Å². The number of rotatable bonds is 4. The standard InChI is InChI=1S/C10H17N3O2S2/c1-12(2)16(13(3)4)11-17(14,15)10-8-6-5-7-9-10/h5-9H,1-4H3. The molecule has 0 aliphatic rings. The maximum Gasteiger partial charge on any atom is 0.290 e. The Bertz CT molecular complexity index is 486. The summed E-state index contributed by atoms with van der Waals surface area (Å²) in [6.45, 7) is 0. The van der Waals surface area contributed by atoms with Gasteiger partial charge in [-0.25, -0.2) is 8.61 Å². The molecule has 5 nitrogen and oxygen atoms in total. The molecule has 0 bridgehead atoms. The number of hydrogen-bond acceptors (Lipinski definition) is 2. The van der Waals surface area contributed by atoms with E-state index in [1.165, 1.54) is 0 Å². The normalized spacial score (nSPS) is 12.4. The highest BCUT2D eigenvalue weighted by molar-refractivity contribution is 7.98. The van der Waals surface area contributed by atoms with E-state index in [9.17, 15) is 8.42 Å². The first-order chi connectivity index (χ1) is 7.84. The van der Waals surface area contributed by atoms with Crippen LogP contribution in [0.15, 0.2) is 39.0 Å². The van der Waals surface area contributed by atoms with Crippen molar-refractivity contribution in [1.82, 2.24) is 8.61 Å². The largest absolute Gasteiger partial charge is 0.290 e. The first kappa shape index (κ1) is 14.3. The van der Waals surface area contributed by atoms with Gasteiger partial charge in [-0.05, 0) is 40.3 Å². The lowest BCUT2D eigenvalue weighted by atomic mass is 10.4. The fourth-order valence-corrected chi connectivity index (χ4v) is 4.45. The fourth-order valence-electron chi connectivity index (χ4n) is 1.18. The lowest BCUT2D eigenvalue weighted by Crippen LogP contribution is -2.29.